The number of aryl methyl sites for hydroxylation is 1. The largest absolute Gasteiger partial charge is 0.324 e. The monoisotopic (exact) mass is 223 g/mol. The summed E-state index contributed by atoms with van der Waals surface area (Å²) in [6.07, 6.45) is 5.36. The molecule has 84 valence electrons. The molecule has 0 radical (unpaired) electrons. The number of rotatable bonds is 2. The summed E-state index contributed by atoms with van der Waals surface area (Å²) in [6.45, 7) is 4.51. The Kier molecular flexibility index (Phi) is 3.47. The molecule has 1 aromatic heterocycles. The second-order valence-corrected chi connectivity index (χ2v) is 6.15. The van der Waals surface area contributed by atoms with Gasteiger partial charge in [0.25, 0.3) is 0 Å². The summed E-state index contributed by atoms with van der Waals surface area (Å²) in [5, 5.41) is 2.23. The van der Waals surface area contributed by atoms with Crippen LogP contribution in [0.25, 0.3) is 0 Å². The summed E-state index contributed by atoms with van der Waals surface area (Å²) in [7, 11) is 0. The van der Waals surface area contributed by atoms with Crippen molar-refractivity contribution in [1.29, 1.82) is 0 Å². The molecule has 0 bridgehead atoms. The summed E-state index contributed by atoms with van der Waals surface area (Å²) in [4.78, 5) is 1.38. The van der Waals surface area contributed by atoms with Gasteiger partial charge in [-0.2, -0.15) is 0 Å². The highest BCUT2D eigenvalue weighted by molar-refractivity contribution is 7.10. The maximum absolute atomic E-state index is 6.34. The van der Waals surface area contributed by atoms with Crippen molar-refractivity contribution in [3.8, 4) is 0 Å². The fraction of sp³-hybridized carbons (Fsp3) is 0.692. The number of nitrogens with two attached hydrogens (primary N) is 1. The topological polar surface area (TPSA) is 26.0 Å². The van der Waals surface area contributed by atoms with Crippen molar-refractivity contribution in [2.75, 3.05) is 0 Å². The van der Waals surface area contributed by atoms with E-state index in [0.29, 0.717) is 0 Å². The quantitative estimate of drug-likeness (QED) is 0.809. The third kappa shape index (κ3) is 2.61. The van der Waals surface area contributed by atoms with Crippen LogP contribution in [0.2, 0.25) is 0 Å². The Morgan fingerprint density at radius 2 is 2.00 bits per heavy atom. The van der Waals surface area contributed by atoms with Gasteiger partial charge >= 0.3 is 0 Å². The van der Waals surface area contributed by atoms with Crippen molar-refractivity contribution in [3.05, 3.63) is 21.9 Å². The van der Waals surface area contributed by atoms with E-state index in [9.17, 15) is 0 Å². The number of hydrogen-bond donors (Lipinski definition) is 1. The fourth-order valence-electron chi connectivity index (χ4n) is 2.56. The normalized spacial score (nSPS) is 29.0. The molecule has 2 rings (SSSR count). The molecule has 15 heavy (non-hydrogen) atoms. The van der Waals surface area contributed by atoms with Gasteiger partial charge in [0.15, 0.2) is 0 Å². The van der Waals surface area contributed by atoms with Crippen LogP contribution < -0.4 is 5.73 Å². The van der Waals surface area contributed by atoms with Crippen LogP contribution in [0.5, 0.6) is 0 Å². The standard InChI is InChI=1S/C13H21NS/c1-9-3-5-11(6-4-9)13(14)12-7-10(2)15-8-12/h7-9,11,13H,3-6,14H2,1-2H3. The molecular weight excluding hydrogens is 202 g/mol. The third-order valence-electron chi connectivity index (χ3n) is 3.70. The Bertz CT molecular complexity index is 310. The minimum absolute atomic E-state index is 0.280. The van der Waals surface area contributed by atoms with Gasteiger partial charge in [-0.05, 0) is 48.6 Å². The molecule has 1 aliphatic rings. The van der Waals surface area contributed by atoms with Crippen LogP contribution in [-0.4, -0.2) is 0 Å². The van der Waals surface area contributed by atoms with Gasteiger partial charge < -0.3 is 5.73 Å². The average molecular weight is 223 g/mol. The maximum Gasteiger partial charge on any atom is 0.0331 e. The van der Waals surface area contributed by atoms with E-state index in [2.05, 4.69) is 25.3 Å². The lowest BCUT2D eigenvalue weighted by atomic mass is 9.78. The molecule has 1 aromatic rings. The van der Waals surface area contributed by atoms with Gasteiger partial charge in [-0.15, -0.1) is 11.3 Å². The third-order valence-corrected chi connectivity index (χ3v) is 4.58. The summed E-state index contributed by atoms with van der Waals surface area (Å²) >= 11 is 1.82. The lowest BCUT2D eigenvalue weighted by Gasteiger charge is -2.30. The van der Waals surface area contributed by atoms with Crippen LogP contribution in [-0.2, 0) is 0 Å². The molecule has 0 amide bonds. The van der Waals surface area contributed by atoms with E-state index in [0.717, 1.165) is 11.8 Å². The Morgan fingerprint density at radius 3 is 2.53 bits per heavy atom. The van der Waals surface area contributed by atoms with Gasteiger partial charge in [0.1, 0.15) is 0 Å². The molecule has 0 aliphatic heterocycles. The minimum Gasteiger partial charge on any atom is -0.324 e. The molecule has 1 nitrogen and oxygen atoms in total. The Labute approximate surface area is 96.7 Å². The van der Waals surface area contributed by atoms with Crippen molar-refractivity contribution in [2.24, 2.45) is 17.6 Å². The number of hydrogen-bond acceptors (Lipinski definition) is 2. The fourth-order valence-corrected chi connectivity index (χ4v) is 3.31. The molecule has 0 spiro atoms. The molecule has 1 heterocycles. The SMILES string of the molecule is Cc1cc(C(N)C2CCC(C)CC2)cs1. The second-order valence-electron chi connectivity index (χ2n) is 5.04. The Hall–Kier alpha value is -0.340. The first kappa shape index (κ1) is 11.2. The lowest BCUT2D eigenvalue weighted by Crippen LogP contribution is -2.25. The molecular formula is C13H21NS. The highest BCUT2D eigenvalue weighted by Gasteiger charge is 2.24. The van der Waals surface area contributed by atoms with E-state index < -0.39 is 0 Å². The van der Waals surface area contributed by atoms with Gasteiger partial charge in [-0.3, -0.25) is 0 Å². The van der Waals surface area contributed by atoms with Crippen LogP contribution in [0.4, 0.5) is 0 Å². The first-order valence-electron chi connectivity index (χ1n) is 5.97. The molecule has 0 aromatic carbocycles. The predicted molar refractivity (Wildman–Crippen MR) is 67.1 cm³/mol. The average Bonchev–Trinajstić information content (AvgIpc) is 2.65. The minimum atomic E-state index is 0.280. The molecule has 2 heteroatoms. The van der Waals surface area contributed by atoms with Gasteiger partial charge in [-0.25, -0.2) is 0 Å². The lowest BCUT2D eigenvalue weighted by molar-refractivity contribution is 0.256. The molecule has 1 aliphatic carbocycles. The van der Waals surface area contributed by atoms with E-state index in [1.807, 2.05) is 11.3 Å². The van der Waals surface area contributed by atoms with Crippen LogP contribution in [0, 0.1) is 18.8 Å². The highest BCUT2D eigenvalue weighted by Crippen LogP contribution is 2.36. The Balaban J connectivity index is 1.99. The van der Waals surface area contributed by atoms with Crippen molar-refractivity contribution in [3.63, 3.8) is 0 Å². The zero-order chi connectivity index (χ0) is 10.8. The van der Waals surface area contributed by atoms with Crippen molar-refractivity contribution in [1.82, 2.24) is 0 Å². The maximum atomic E-state index is 6.34. The Morgan fingerprint density at radius 1 is 1.33 bits per heavy atom. The zero-order valence-corrected chi connectivity index (χ0v) is 10.5. The van der Waals surface area contributed by atoms with E-state index in [4.69, 9.17) is 5.73 Å². The van der Waals surface area contributed by atoms with Crippen LogP contribution >= 0.6 is 11.3 Å². The summed E-state index contributed by atoms with van der Waals surface area (Å²) in [5.41, 5.74) is 7.69. The zero-order valence-electron chi connectivity index (χ0n) is 9.70. The molecule has 1 fully saturated rings. The van der Waals surface area contributed by atoms with Gasteiger partial charge in [0.05, 0.1) is 0 Å². The smallest absolute Gasteiger partial charge is 0.0331 e. The van der Waals surface area contributed by atoms with Crippen LogP contribution in [0.3, 0.4) is 0 Å². The summed E-state index contributed by atoms with van der Waals surface area (Å²) in [6, 6.07) is 2.54. The highest BCUT2D eigenvalue weighted by atomic mass is 32.1. The van der Waals surface area contributed by atoms with E-state index in [1.54, 1.807) is 0 Å². The van der Waals surface area contributed by atoms with E-state index in [-0.39, 0.29) is 6.04 Å². The number of thiophene rings is 1. The summed E-state index contributed by atoms with van der Waals surface area (Å²) in [5.74, 6) is 1.63. The van der Waals surface area contributed by atoms with E-state index in [1.165, 1.54) is 36.1 Å². The first-order valence-corrected chi connectivity index (χ1v) is 6.85. The molecule has 1 saturated carbocycles. The van der Waals surface area contributed by atoms with Crippen molar-refractivity contribution < 1.29 is 0 Å². The van der Waals surface area contributed by atoms with Crippen LogP contribution in [0.15, 0.2) is 11.4 Å². The van der Waals surface area contributed by atoms with Crippen molar-refractivity contribution >= 4 is 11.3 Å². The van der Waals surface area contributed by atoms with Gasteiger partial charge in [0, 0.05) is 10.9 Å². The van der Waals surface area contributed by atoms with Gasteiger partial charge in [0.2, 0.25) is 0 Å². The molecule has 1 unspecified atom stereocenters. The predicted octanol–water partition coefficient (Wildman–Crippen LogP) is 3.88. The molecule has 1 atom stereocenters. The first-order chi connectivity index (χ1) is 7.16. The van der Waals surface area contributed by atoms with Crippen LogP contribution in [0.1, 0.15) is 49.1 Å². The van der Waals surface area contributed by atoms with E-state index >= 15 is 0 Å². The second kappa shape index (κ2) is 4.67. The van der Waals surface area contributed by atoms with Gasteiger partial charge in [-0.1, -0.05) is 19.8 Å². The van der Waals surface area contributed by atoms with Crippen molar-refractivity contribution in [2.45, 2.75) is 45.6 Å². The molecule has 2 N–H and O–H groups in total. The summed E-state index contributed by atoms with van der Waals surface area (Å²) < 4.78 is 0. The molecule has 0 saturated heterocycles.